The molecule has 1 aromatic rings. The first-order valence-electron chi connectivity index (χ1n) is 5.89. The van der Waals surface area contributed by atoms with E-state index in [1.54, 1.807) is 6.26 Å². The third kappa shape index (κ3) is 2.64. The molecule has 0 spiro atoms. The number of amidine groups is 1. The number of hydrogen-bond donors (Lipinski definition) is 2. The van der Waals surface area contributed by atoms with Crippen LogP contribution in [-0.2, 0) is 0 Å². The average Bonchev–Trinajstić information content (AvgIpc) is 2.74. The molecule has 3 N–H and O–H groups in total. The Balaban J connectivity index is 2.11. The second kappa shape index (κ2) is 5.16. The molecule has 1 aliphatic carbocycles. The Morgan fingerprint density at radius 2 is 2.19 bits per heavy atom. The predicted octanol–water partition coefficient (Wildman–Crippen LogP) is 2.13. The fourth-order valence-corrected chi connectivity index (χ4v) is 2.16. The van der Waals surface area contributed by atoms with E-state index in [2.05, 4.69) is 10.4 Å². The topological polar surface area (TPSA) is 63.5 Å². The van der Waals surface area contributed by atoms with Crippen molar-refractivity contribution < 1.29 is 4.42 Å². The molecule has 0 aromatic carbocycles. The van der Waals surface area contributed by atoms with Crippen molar-refractivity contribution in [2.75, 3.05) is 0 Å². The summed E-state index contributed by atoms with van der Waals surface area (Å²) >= 11 is 0. The van der Waals surface area contributed by atoms with Gasteiger partial charge in [0.2, 0.25) is 0 Å². The summed E-state index contributed by atoms with van der Waals surface area (Å²) in [5.74, 6) is 7.12. The Morgan fingerprint density at radius 1 is 1.44 bits per heavy atom. The van der Waals surface area contributed by atoms with E-state index in [0.717, 1.165) is 17.2 Å². The highest BCUT2D eigenvalue weighted by Gasteiger charge is 2.14. The van der Waals surface area contributed by atoms with Gasteiger partial charge in [-0.05, 0) is 25.8 Å². The first kappa shape index (κ1) is 11.2. The zero-order valence-electron chi connectivity index (χ0n) is 9.70. The summed E-state index contributed by atoms with van der Waals surface area (Å²) in [5.41, 5.74) is 3.60. The molecule has 4 nitrogen and oxygen atoms in total. The van der Waals surface area contributed by atoms with Crippen molar-refractivity contribution in [2.45, 2.75) is 45.1 Å². The van der Waals surface area contributed by atoms with Crippen molar-refractivity contribution in [3.05, 3.63) is 23.7 Å². The van der Waals surface area contributed by atoms with Gasteiger partial charge in [-0.25, -0.2) is 5.84 Å². The summed E-state index contributed by atoms with van der Waals surface area (Å²) in [5, 5.41) is 0. The van der Waals surface area contributed by atoms with Crippen LogP contribution in [0.3, 0.4) is 0 Å². The van der Waals surface area contributed by atoms with E-state index in [-0.39, 0.29) is 0 Å². The van der Waals surface area contributed by atoms with Crippen LogP contribution in [0.4, 0.5) is 0 Å². The largest absolute Gasteiger partial charge is 0.469 e. The number of nitrogens with one attached hydrogen (secondary N) is 1. The van der Waals surface area contributed by atoms with Crippen LogP contribution in [0.5, 0.6) is 0 Å². The van der Waals surface area contributed by atoms with Gasteiger partial charge in [-0.15, -0.1) is 0 Å². The van der Waals surface area contributed by atoms with Crippen LogP contribution < -0.4 is 11.3 Å². The Bertz CT molecular complexity index is 364. The molecule has 1 saturated carbocycles. The molecule has 1 aliphatic rings. The average molecular weight is 221 g/mol. The van der Waals surface area contributed by atoms with Gasteiger partial charge in [-0.2, -0.15) is 0 Å². The Hall–Kier alpha value is -1.29. The minimum atomic E-state index is 0.412. The van der Waals surface area contributed by atoms with Crippen molar-refractivity contribution in [1.82, 2.24) is 5.43 Å². The van der Waals surface area contributed by atoms with Crippen LogP contribution in [0.1, 0.15) is 43.4 Å². The van der Waals surface area contributed by atoms with Crippen LogP contribution in [0.15, 0.2) is 21.7 Å². The fraction of sp³-hybridized carbons (Fsp3) is 0.583. The van der Waals surface area contributed by atoms with Gasteiger partial charge < -0.3 is 9.84 Å². The lowest BCUT2D eigenvalue weighted by Crippen LogP contribution is -2.32. The van der Waals surface area contributed by atoms with E-state index in [1.165, 1.54) is 32.1 Å². The molecule has 0 atom stereocenters. The second-order valence-electron chi connectivity index (χ2n) is 4.36. The third-order valence-electron chi connectivity index (χ3n) is 3.03. The van der Waals surface area contributed by atoms with Crippen molar-refractivity contribution in [1.29, 1.82) is 0 Å². The SMILES string of the molecule is Cc1cc(C(=NC2CCCCC2)NN)co1. The van der Waals surface area contributed by atoms with Crippen LogP contribution >= 0.6 is 0 Å². The number of nitrogens with two attached hydrogens (primary N) is 1. The van der Waals surface area contributed by atoms with E-state index >= 15 is 0 Å². The minimum Gasteiger partial charge on any atom is -0.469 e. The molecule has 0 bridgehead atoms. The van der Waals surface area contributed by atoms with Gasteiger partial charge in [0.25, 0.3) is 0 Å². The number of hydrogen-bond acceptors (Lipinski definition) is 3. The first-order valence-corrected chi connectivity index (χ1v) is 5.89. The summed E-state index contributed by atoms with van der Waals surface area (Å²) in [4.78, 5) is 4.66. The number of hydrazine groups is 1. The maximum atomic E-state index is 5.51. The lowest BCUT2D eigenvalue weighted by Gasteiger charge is -2.18. The van der Waals surface area contributed by atoms with Crippen LogP contribution in [0.2, 0.25) is 0 Å². The molecule has 0 radical (unpaired) electrons. The minimum absolute atomic E-state index is 0.412. The lowest BCUT2D eigenvalue weighted by molar-refractivity contribution is 0.442. The fourth-order valence-electron chi connectivity index (χ4n) is 2.16. The molecule has 2 rings (SSSR count). The highest BCUT2D eigenvalue weighted by molar-refractivity contribution is 5.98. The highest BCUT2D eigenvalue weighted by Crippen LogP contribution is 2.21. The van der Waals surface area contributed by atoms with Crippen LogP contribution in [-0.4, -0.2) is 11.9 Å². The molecule has 1 aromatic heterocycles. The van der Waals surface area contributed by atoms with E-state index < -0.39 is 0 Å². The zero-order valence-corrected chi connectivity index (χ0v) is 9.70. The maximum absolute atomic E-state index is 5.51. The Kier molecular flexibility index (Phi) is 3.62. The van der Waals surface area contributed by atoms with Crippen molar-refractivity contribution in [2.24, 2.45) is 10.8 Å². The Morgan fingerprint density at radius 3 is 2.75 bits per heavy atom. The van der Waals surface area contributed by atoms with Gasteiger partial charge in [0.05, 0.1) is 11.6 Å². The summed E-state index contributed by atoms with van der Waals surface area (Å²) in [6.07, 6.45) is 7.91. The van der Waals surface area contributed by atoms with Crippen molar-refractivity contribution >= 4 is 5.84 Å². The molecular weight excluding hydrogens is 202 g/mol. The van der Waals surface area contributed by atoms with Crippen molar-refractivity contribution in [3.63, 3.8) is 0 Å². The number of aryl methyl sites for hydroxylation is 1. The number of furan rings is 1. The highest BCUT2D eigenvalue weighted by atomic mass is 16.3. The van der Waals surface area contributed by atoms with E-state index in [9.17, 15) is 0 Å². The number of nitrogens with zero attached hydrogens (tertiary/aromatic N) is 1. The van der Waals surface area contributed by atoms with Crippen LogP contribution in [0.25, 0.3) is 0 Å². The van der Waals surface area contributed by atoms with Gasteiger partial charge in [0.1, 0.15) is 17.9 Å². The van der Waals surface area contributed by atoms with Gasteiger partial charge in [-0.1, -0.05) is 19.3 Å². The number of rotatable bonds is 2. The van der Waals surface area contributed by atoms with Gasteiger partial charge >= 0.3 is 0 Å². The molecular formula is C12H19N3O. The Labute approximate surface area is 95.9 Å². The quantitative estimate of drug-likeness (QED) is 0.348. The summed E-state index contributed by atoms with van der Waals surface area (Å²) in [6, 6.07) is 2.36. The van der Waals surface area contributed by atoms with Crippen molar-refractivity contribution in [3.8, 4) is 0 Å². The van der Waals surface area contributed by atoms with Gasteiger partial charge in [-0.3, -0.25) is 4.99 Å². The van der Waals surface area contributed by atoms with Gasteiger partial charge in [0, 0.05) is 0 Å². The van der Waals surface area contributed by atoms with E-state index in [1.807, 2.05) is 13.0 Å². The molecule has 0 unspecified atom stereocenters. The molecule has 0 saturated heterocycles. The summed E-state index contributed by atoms with van der Waals surface area (Å²) < 4.78 is 5.26. The molecule has 0 aliphatic heterocycles. The lowest BCUT2D eigenvalue weighted by atomic mass is 9.96. The molecule has 88 valence electrons. The second-order valence-corrected chi connectivity index (χ2v) is 4.36. The van der Waals surface area contributed by atoms with Crippen LogP contribution in [0, 0.1) is 6.92 Å². The maximum Gasteiger partial charge on any atom is 0.146 e. The monoisotopic (exact) mass is 221 g/mol. The molecule has 1 fully saturated rings. The first-order chi connectivity index (χ1) is 7.79. The number of aliphatic imine (C=N–C) groups is 1. The van der Waals surface area contributed by atoms with E-state index in [4.69, 9.17) is 10.3 Å². The predicted molar refractivity (Wildman–Crippen MR) is 64.2 cm³/mol. The molecule has 4 heteroatoms. The van der Waals surface area contributed by atoms with E-state index in [0.29, 0.717) is 6.04 Å². The smallest absolute Gasteiger partial charge is 0.146 e. The molecule has 0 amide bonds. The van der Waals surface area contributed by atoms with Gasteiger partial charge in [0.15, 0.2) is 0 Å². The zero-order chi connectivity index (χ0) is 11.4. The third-order valence-corrected chi connectivity index (χ3v) is 3.03. The standard InChI is InChI=1S/C12H19N3O/c1-9-7-10(8-16-9)12(15-13)14-11-5-3-2-4-6-11/h7-8,11H,2-6,13H2,1H3,(H,14,15). The normalized spacial score (nSPS) is 18.8. The molecule has 16 heavy (non-hydrogen) atoms. The summed E-state index contributed by atoms with van der Waals surface area (Å²) in [7, 11) is 0. The molecule has 1 heterocycles. The summed E-state index contributed by atoms with van der Waals surface area (Å²) in [6.45, 7) is 1.91.